The van der Waals surface area contributed by atoms with Crippen molar-refractivity contribution >= 4 is 23.4 Å². The van der Waals surface area contributed by atoms with Gasteiger partial charge in [-0.05, 0) is 24.3 Å². The second-order valence-electron chi connectivity index (χ2n) is 5.72. The molecule has 0 bridgehead atoms. The molecule has 1 N–H and O–H groups in total. The van der Waals surface area contributed by atoms with E-state index in [-0.39, 0.29) is 13.1 Å². The van der Waals surface area contributed by atoms with Crippen molar-refractivity contribution in [1.82, 2.24) is 19.6 Å². The number of hydrogen-bond donors (Lipinski definition) is 1. The average Bonchev–Trinajstić information content (AvgIpc) is 3.15. The van der Waals surface area contributed by atoms with Crippen LogP contribution in [0.3, 0.4) is 0 Å². The van der Waals surface area contributed by atoms with Gasteiger partial charge in [-0.25, -0.2) is 4.98 Å². The van der Waals surface area contributed by atoms with Gasteiger partial charge >= 0.3 is 0 Å². The molecule has 0 fully saturated rings. The minimum Gasteiger partial charge on any atom is -0.349 e. The summed E-state index contributed by atoms with van der Waals surface area (Å²) in [6, 6.07) is 12.2. The molecule has 0 radical (unpaired) electrons. The second kappa shape index (κ2) is 5.86. The van der Waals surface area contributed by atoms with Crippen LogP contribution in [0.15, 0.2) is 54.9 Å². The largest absolute Gasteiger partial charge is 0.349 e. The number of imidazole rings is 1. The highest BCUT2D eigenvalue weighted by Gasteiger charge is 2.36. The van der Waals surface area contributed by atoms with Crippen molar-refractivity contribution in [3.63, 3.8) is 0 Å². The topological polar surface area (TPSA) is 83.8 Å². The Morgan fingerprint density at radius 3 is 2.36 bits per heavy atom. The molecule has 4 rings (SSSR count). The summed E-state index contributed by atoms with van der Waals surface area (Å²) in [6.45, 7) is -0.0800. The summed E-state index contributed by atoms with van der Waals surface area (Å²) >= 11 is 0. The first-order valence-electron chi connectivity index (χ1n) is 7.78. The van der Waals surface area contributed by atoms with Gasteiger partial charge < -0.3 is 9.72 Å². The van der Waals surface area contributed by atoms with E-state index in [0.717, 1.165) is 10.5 Å². The van der Waals surface area contributed by atoms with Crippen molar-refractivity contribution in [1.29, 1.82) is 0 Å². The third-order valence-corrected chi connectivity index (χ3v) is 4.06. The molecule has 2 aromatic heterocycles. The SMILES string of the molecule is O=C(CN1C(=O)c2ccccc2C1=O)NCc1cn2ccccc2n1. The molecule has 25 heavy (non-hydrogen) atoms. The molecule has 124 valence electrons. The van der Waals surface area contributed by atoms with Crippen molar-refractivity contribution in [3.05, 3.63) is 71.7 Å². The van der Waals surface area contributed by atoms with Crippen molar-refractivity contribution < 1.29 is 14.4 Å². The van der Waals surface area contributed by atoms with Crippen LogP contribution in [0.1, 0.15) is 26.4 Å². The molecule has 0 unspecified atom stereocenters. The maximum Gasteiger partial charge on any atom is 0.262 e. The van der Waals surface area contributed by atoms with Gasteiger partial charge in [-0.1, -0.05) is 18.2 Å². The zero-order valence-electron chi connectivity index (χ0n) is 13.2. The molecule has 7 nitrogen and oxygen atoms in total. The number of carbonyl (C=O) groups is 3. The summed E-state index contributed by atoms with van der Waals surface area (Å²) < 4.78 is 1.85. The van der Waals surface area contributed by atoms with Crippen LogP contribution in [0, 0.1) is 0 Å². The van der Waals surface area contributed by atoms with Gasteiger partial charge in [0, 0.05) is 12.4 Å². The number of nitrogens with zero attached hydrogens (tertiary/aromatic N) is 3. The number of aromatic nitrogens is 2. The van der Waals surface area contributed by atoms with Crippen molar-refractivity contribution in [2.24, 2.45) is 0 Å². The van der Waals surface area contributed by atoms with Gasteiger partial charge in [0.15, 0.2) is 0 Å². The highest BCUT2D eigenvalue weighted by Crippen LogP contribution is 2.21. The smallest absolute Gasteiger partial charge is 0.262 e. The summed E-state index contributed by atoms with van der Waals surface area (Å²) in [4.78, 5) is 42.0. The fraction of sp³-hybridized carbons (Fsp3) is 0.111. The quantitative estimate of drug-likeness (QED) is 0.728. The van der Waals surface area contributed by atoms with E-state index in [0.29, 0.717) is 16.8 Å². The Kier molecular flexibility index (Phi) is 3.53. The first-order valence-corrected chi connectivity index (χ1v) is 7.78. The lowest BCUT2D eigenvalue weighted by molar-refractivity contribution is -0.121. The number of amides is 3. The average molecular weight is 334 g/mol. The Morgan fingerprint density at radius 2 is 1.68 bits per heavy atom. The summed E-state index contributed by atoms with van der Waals surface area (Å²) in [5.41, 5.74) is 2.15. The molecule has 0 spiro atoms. The zero-order valence-corrected chi connectivity index (χ0v) is 13.2. The Hall–Kier alpha value is -3.48. The number of carbonyl (C=O) groups excluding carboxylic acids is 3. The van der Waals surface area contributed by atoms with Gasteiger partial charge in [0.1, 0.15) is 12.2 Å². The van der Waals surface area contributed by atoms with E-state index >= 15 is 0 Å². The number of hydrogen-bond acceptors (Lipinski definition) is 4. The van der Waals surface area contributed by atoms with E-state index < -0.39 is 17.7 Å². The zero-order chi connectivity index (χ0) is 17.4. The molecular formula is C18H14N4O3. The Labute approximate surface area is 142 Å². The third kappa shape index (κ3) is 2.65. The van der Waals surface area contributed by atoms with Gasteiger partial charge in [-0.2, -0.15) is 0 Å². The number of imide groups is 1. The van der Waals surface area contributed by atoms with Crippen LogP contribution >= 0.6 is 0 Å². The first kappa shape index (κ1) is 15.1. The van der Waals surface area contributed by atoms with Crippen molar-refractivity contribution in [2.45, 2.75) is 6.54 Å². The molecule has 0 atom stereocenters. The molecule has 1 aromatic carbocycles. The lowest BCUT2D eigenvalue weighted by Crippen LogP contribution is -2.40. The Balaban J connectivity index is 1.41. The predicted molar refractivity (Wildman–Crippen MR) is 88.8 cm³/mol. The molecule has 1 aliphatic heterocycles. The van der Waals surface area contributed by atoms with Crippen LogP contribution in [-0.4, -0.2) is 38.6 Å². The normalized spacial score (nSPS) is 13.4. The molecule has 0 saturated heterocycles. The molecule has 0 aliphatic carbocycles. The Bertz CT molecular complexity index is 940. The number of benzene rings is 1. The van der Waals surface area contributed by atoms with Gasteiger partial charge in [0.2, 0.25) is 5.91 Å². The van der Waals surface area contributed by atoms with Gasteiger partial charge in [0.25, 0.3) is 11.8 Å². The van der Waals surface area contributed by atoms with Crippen LogP contribution in [0.5, 0.6) is 0 Å². The van der Waals surface area contributed by atoms with Gasteiger partial charge in [0.05, 0.1) is 23.4 Å². The molecule has 3 amide bonds. The maximum absolute atomic E-state index is 12.2. The van der Waals surface area contributed by atoms with Crippen LogP contribution in [0.2, 0.25) is 0 Å². The summed E-state index contributed by atoms with van der Waals surface area (Å²) in [5.74, 6) is -1.29. The minimum atomic E-state index is -0.441. The summed E-state index contributed by atoms with van der Waals surface area (Å²) in [6.07, 6.45) is 3.68. The summed E-state index contributed by atoms with van der Waals surface area (Å²) in [5, 5.41) is 2.69. The first-order chi connectivity index (χ1) is 12.1. The Morgan fingerprint density at radius 1 is 1.00 bits per heavy atom. The van der Waals surface area contributed by atoms with E-state index in [1.54, 1.807) is 24.3 Å². The number of rotatable bonds is 4. The highest BCUT2D eigenvalue weighted by molar-refractivity contribution is 6.22. The monoisotopic (exact) mass is 334 g/mol. The van der Waals surface area contributed by atoms with Gasteiger partial charge in [-0.15, -0.1) is 0 Å². The highest BCUT2D eigenvalue weighted by atomic mass is 16.2. The van der Waals surface area contributed by atoms with Crippen LogP contribution in [0.25, 0.3) is 5.65 Å². The predicted octanol–water partition coefficient (Wildman–Crippen LogP) is 1.25. The molecule has 7 heteroatoms. The number of fused-ring (bicyclic) bond motifs is 2. The molecule has 0 saturated carbocycles. The van der Waals surface area contributed by atoms with Crippen molar-refractivity contribution in [3.8, 4) is 0 Å². The van der Waals surface area contributed by atoms with Crippen LogP contribution in [0.4, 0.5) is 0 Å². The van der Waals surface area contributed by atoms with E-state index in [2.05, 4.69) is 10.3 Å². The number of pyridine rings is 1. The molecular weight excluding hydrogens is 320 g/mol. The van der Waals surface area contributed by atoms with Crippen molar-refractivity contribution in [2.75, 3.05) is 6.54 Å². The van der Waals surface area contributed by atoms with E-state index in [9.17, 15) is 14.4 Å². The minimum absolute atomic E-state index is 0.226. The van der Waals surface area contributed by atoms with E-state index in [1.165, 1.54) is 0 Å². The van der Waals surface area contributed by atoms with Crippen LogP contribution < -0.4 is 5.32 Å². The fourth-order valence-electron chi connectivity index (χ4n) is 2.84. The standard InChI is InChI=1S/C18H14N4O3/c23-16(19-9-12-10-21-8-4-3-7-15(21)20-12)11-22-17(24)13-5-1-2-6-14(13)18(22)25/h1-8,10H,9,11H2,(H,19,23). The second-order valence-corrected chi connectivity index (χ2v) is 5.72. The molecule has 3 heterocycles. The summed E-state index contributed by atoms with van der Waals surface area (Å²) in [7, 11) is 0. The lowest BCUT2D eigenvalue weighted by atomic mass is 10.1. The maximum atomic E-state index is 12.2. The van der Waals surface area contributed by atoms with Crippen LogP contribution in [-0.2, 0) is 11.3 Å². The lowest BCUT2D eigenvalue weighted by Gasteiger charge is -2.13. The number of nitrogens with one attached hydrogen (secondary N) is 1. The van der Waals surface area contributed by atoms with E-state index in [1.807, 2.05) is 35.0 Å². The molecule has 1 aliphatic rings. The van der Waals surface area contributed by atoms with E-state index in [4.69, 9.17) is 0 Å². The fourth-order valence-corrected chi connectivity index (χ4v) is 2.84. The molecule has 3 aromatic rings. The van der Waals surface area contributed by atoms with Gasteiger partial charge in [-0.3, -0.25) is 19.3 Å². The third-order valence-electron chi connectivity index (χ3n) is 4.06.